The normalized spacial score (nSPS) is 17.6. The third-order valence-corrected chi connectivity index (χ3v) is 5.71. The molecule has 0 unspecified atom stereocenters. The van der Waals surface area contributed by atoms with Gasteiger partial charge in [-0.25, -0.2) is 0 Å². The number of benzene rings is 1. The van der Waals surface area contributed by atoms with Crippen molar-refractivity contribution in [3.63, 3.8) is 0 Å². The van der Waals surface area contributed by atoms with Gasteiger partial charge >= 0.3 is 0 Å². The molecule has 2 aliphatic rings. The molecule has 3 amide bonds. The summed E-state index contributed by atoms with van der Waals surface area (Å²) in [6.07, 6.45) is 2.44. The Kier molecular flexibility index (Phi) is 5.91. The number of amides is 3. The first-order valence-electron chi connectivity index (χ1n) is 10.0. The summed E-state index contributed by atoms with van der Waals surface area (Å²) in [6, 6.07) is 7.79. The van der Waals surface area contributed by atoms with E-state index in [2.05, 4.69) is 10.2 Å². The molecule has 7 heteroatoms. The number of carbonyl (C=O) groups is 3. The van der Waals surface area contributed by atoms with Gasteiger partial charge in [-0.15, -0.1) is 0 Å². The highest BCUT2D eigenvalue weighted by Gasteiger charge is 2.40. The zero-order valence-electron chi connectivity index (χ0n) is 17.0. The van der Waals surface area contributed by atoms with Crippen LogP contribution in [0, 0.1) is 5.41 Å². The molecule has 0 atom stereocenters. The average Bonchev–Trinajstić information content (AvgIpc) is 3.22. The molecular formula is C21H30N4O3. The second-order valence-corrected chi connectivity index (χ2v) is 8.12. The van der Waals surface area contributed by atoms with E-state index in [4.69, 9.17) is 0 Å². The fourth-order valence-corrected chi connectivity index (χ4v) is 3.74. The molecule has 3 rings (SSSR count). The van der Waals surface area contributed by atoms with Crippen LogP contribution in [0.5, 0.6) is 0 Å². The van der Waals surface area contributed by atoms with Crippen LogP contribution in [0.15, 0.2) is 24.3 Å². The molecule has 0 aliphatic carbocycles. The molecule has 0 bridgehead atoms. The first-order chi connectivity index (χ1) is 13.3. The molecule has 1 aromatic carbocycles. The smallest absolute Gasteiger partial charge is 0.239 e. The number of nitrogens with one attached hydrogen (secondary N) is 1. The van der Waals surface area contributed by atoms with E-state index in [1.54, 1.807) is 23.6 Å². The first kappa shape index (κ1) is 20.2. The Morgan fingerprint density at radius 3 is 1.93 bits per heavy atom. The third kappa shape index (κ3) is 4.29. The van der Waals surface area contributed by atoms with Gasteiger partial charge in [-0.1, -0.05) is 0 Å². The van der Waals surface area contributed by atoms with Crippen LogP contribution in [0.3, 0.4) is 0 Å². The summed E-state index contributed by atoms with van der Waals surface area (Å²) in [7, 11) is 0. The highest BCUT2D eigenvalue weighted by Crippen LogP contribution is 2.25. The summed E-state index contributed by atoms with van der Waals surface area (Å²) in [5.41, 5.74) is 0.677. The summed E-state index contributed by atoms with van der Waals surface area (Å²) in [6.45, 7) is 8.92. The number of nitrogens with zero attached hydrogens (tertiary/aromatic N) is 3. The minimum atomic E-state index is -1.17. The van der Waals surface area contributed by atoms with Crippen LogP contribution in [0.25, 0.3) is 0 Å². The number of rotatable bonds is 4. The Bertz CT molecular complexity index is 731. The van der Waals surface area contributed by atoms with Crippen LogP contribution < -0.4 is 10.2 Å². The van der Waals surface area contributed by atoms with Gasteiger partial charge in [0.05, 0.1) is 0 Å². The van der Waals surface area contributed by atoms with E-state index < -0.39 is 5.41 Å². The van der Waals surface area contributed by atoms with Crippen LogP contribution in [-0.2, 0) is 14.4 Å². The van der Waals surface area contributed by atoms with Gasteiger partial charge in [0.25, 0.3) is 0 Å². The minimum absolute atomic E-state index is 0.0153. The van der Waals surface area contributed by atoms with E-state index in [0.29, 0.717) is 31.9 Å². The Labute approximate surface area is 166 Å². The van der Waals surface area contributed by atoms with Crippen molar-refractivity contribution in [1.82, 2.24) is 9.80 Å². The fraction of sp³-hybridized carbons (Fsp3) is 0.571. The van der Waals surface area contributed by atoms with E-state index in [-0.39, 0.29) is 17.7 Å². The Morgan fingerprint density at radius 2 is 1.39 bits per heavy atom. The quantitative estimate of drug-likeness (QED) is 0.803. The third-order valence-electron chi connectivity index (χ3n) is 5.71. The Balaban J connectivity index is 1.59. The second-order valence-electron chi connectivity index (χ2n) is 8.12. The molecule has 2 saturated heterocycles. The summed E-state index contributed by atoms with van der Waals surface area (Å²) >= 11 is 0. The predicted octanol–water partition coefficient (Wildman–Crippen LogP) is 1.94. The van der Waals surface area contributed by atoms with Gasteiger partial charge in [-0.3, -0.25) is 14.4 Å². The fourth-order valence-electron chi connectivity index (χ4n) is 3.74. The molecular weight excluding hydrogens is 356 g/mol. The lowest BCUT2D eigenvalue weighted by Gasteiger charge is -2.37. The van der Waals surface area contributed by atoms with E-state index in [0.717, 1.165) is 18.8 Å². The Morgan fingerprint density at radius 1 is 0.857 bits per heavy atom. The van der Waals surface area contributed by atoms with Gasteiger partial charge in [0, 0.05) is 57.6 Å². The lowest BCUT2D eigenvalue weighted by atomic mass is 9.89. The molecule has 152 valence electrons. The molecule has 7 nitrogen and oxygen atoms in total. The number of piperazine rings is 1. The number of hydrogen-bond donors (Lipinski definition) is 1. The van der Waals surface area contributed by atoms with E-state index in [1.807, 2.05) is 24.3 Å². The molecule has 2 aliphatic heterocycles. The molecule has 1 aromatic rings. The first-order valence-corrected chi connectivity index (χ1v) is 10.0. The Hall–Kier alpha value is -2.57. The van der Waals surface area contributed by atoms with Crippen LogP contribution >= 0.6 is 0 Å². The highest BCUT2D eigenvalue weighted by molar-refractivity contribution is 6.09. The van der Waals surface area contributed by atoms with Gasteiger partial charge in [-0.05, 0) is 51.0 Å². The maximum atomic E-state index is 12.9. The van der Waals surface area contributed by atoms with E-state index in [1.165, 1.54) is 19.8 Å². The van der Waals surface area contributed by atoms with Gasteiger partial charge in [0.1, 0.15) is 5.41 Å². The highest BCUT2D eigenvalue weighted by atomic mass is 16.2. The molecule has 28 heavy (non-hydrogen) atoms. The van der Waals surface area contributed by atoms with Crippen molar-refractivity contribution in [2.45, 2.75) is 33.6 Å². The summed E-state index contributed by atoms with van der Waals surface area (Å²) in [4.78, 5) is 42.9. The zero-order chi connectivity index (χ0) is 20.3. The van der Waals surface area contributed by atoms with Gasteiger partial charge in [0.2, 0.25) is 17.7 Å². The SMILES string of the molecule is CC(=O)N1CCN(C(=O)C(C)(C)C(=O)Nc2ccc(N3CCCC3)cc2)CC1. The van der Waals surface area contributed by atoms with E-state index >= 15 is 0 Å². The van der Waals surface area contributed by atoms with Gasteiger partial charge in [-0.2, -0.15) is 0 Å². The van der Waals surface area contributed by atoms with Crippen molar-refractivity contribution >= 4 is 29.1 Å². The van der Waals surface area contributed by atoms with Crippen molar-refractivity contribution in [2.24, 2.45) is 5.41 Å². The van der Waals surface area contributed by atoms with Crippen molar-refractivity contribution < 1.29 is 14.4 Å². The predicted molar refractivity (Wildman–Crippen MR) is 109 cm³/mol. The molecule has 0 radical (unpaired) electrons. The van der Waals surface area contributed by atoms with Gasteiger partial charge in [0.15, 0.2) is 0 Å². The van der Waals surface area contributed by atoms with Crippen molar-refractivity contribution in [2.75, 3.05) is 49.5 Å². The number of anilines is 2. The topological polar surface area (TPSA) is 73.0 Å². The molecule has 0 aromatic heterocycles. The van der Waals surface area contributed by atoms with Crippen LogP contribution in [0.1, 0.15) is 33.6 Å². The summed E-state index contributed by atoms with van der Waals surface area (Å²) in [5.74, 6) is -0.510. The number of carbonyl (C=O) groups excluding carboxylic acids is 3. The molecule has 1 N–H and O–H groups in total. The van der Waals surface area contributed by atoms with Crippen molar-refractivity contribution in [1.29, 1.82) is 0 Å². The lowest BCUT2D eigenvalue weighted by Crippen LogP contribution is -2.55. The number of hydrogen-bond acceptors (Lipinski definition) is 4. The maximum Gasteiger partial charge on any atom is 0.239 e. The van der Waals surface area contributed by atoms with Crippen LogP contribution in [0.4, 0.5) is 11.4 Å². The standard InChI is InChI=1S/C21H30N4O3/c1-16(26)23-12-14-25(15-13-23)20(28)21(2,3)19(27)22-17-6-8-18(9-7-17)24-10-4-5-11-24/h6-9H,4-5,10-15H2,1-3H3,(H,22,27). The largest absolute Gasteiger partial charge is 0.372 e. The van der Waals surface area contributed by atoms with Gasteiger partial charge < -0.3 is 20.0 Å². The van der Waals surface area contributed by atoms with Crippen LogP contribution in [-0.4, -0.2) is 66.8 Å². The molecule has 2 heterocycles. The molecule has 2 fully saturated rings. The van der Waals surface area contributed by atoms with Crippen molar-refractivity contribution in [3.8, 4) is 0 Å². The minimum Gasteiger partial charge on any atom is -0.372 e. The summed E-state index contributed by atoms with van der Waals surface area (Å²) in [5, 5.41) is 2.88. The van der Waals surface area contributed by atoms with Crippen LogP contribution in [0.2, 0.25) is 0 Å². The summed E-state index contributed by atoms with van der Waals surface area (Å²) < 4.78 is 0. The van der Waals surface area contributed by atoms with E-state index in [9.17, 15) is 14.4 Å². The average molecular weight is 386 g/mol. The van der Waals surface area contributed by atoms with Crippen molar-refractivity contribution in [3.05, 3.63) is 24.3 Å². The monoisotopic (exact) mass is 386 g/mol. The lowest BCUT2D eigenvalue weighted by molar-refractivity contribution is -0.149. The molecule has 0 spiro atoms. The zero-order valence-corrected chi connectivity index (χ0v) is 17.0. The second kappa shape index (κ2) is 8.20. The molecule has 0 saturated carbocycles. The maximum absolute atomic E-state index is 12.9.